The fourth-order valence-corrected chi connectivity index (χ4v) is 3.07. The molecule has 0 radical (unpaired) electrons. The van der Waals surface area contributed by atoms with E-state index in [1.807, 2.05) is 12.1 Å². The van der Waals surface area contributed by atoms with Crippen molar-refractivity contribution in [2.24, 2.45) is 0 Å². The van der Waals surface area contributed by atoms with Crippen LogP contribution in [0.15, 0.2) is 23.6 Å². The summed E-state index contributed by atoms with van der Waals surface area (Å²) >= 11 is 1.71. The number of phenolic OH excluding ortho intramolecular Hbond substituents is 1. The van der Waals surface area contributed by atoms with E-state index in [-0.39, 0.29) is 0 Å². The van der Waals surface area contributed by atoms with E-state index in [1.54, 1.807) is 17.4 Å². The van der Waals surface area contributed by atoms with Crippen molar-refractivity contribution in [3.63, 3.8) is 0 Å². The molecular formula is C13H15NOS. The van der Waals surface area contributed by atoms with Crippen LogP contribution < -0.4 is 5.32 Å². The van der Waals surface area contributed by atoms with E-state index in [2.05, 4.69) is 10.7 Å². The highest BCUT2D eigenvalue weighted by Gasteiger charge is 2.16. The van der Waals surface area contributed by atoms with Gasteiger partial charge in [0.05, 0.1) is 0 Å². The molecule has 0 unspecified atom stereocenters. The zero-order valence-corrected chi connectivity index (χ0v) is 9.89. The highest BCUT2D eigenvalue weighted by molar-refractivity contribution is 7.17. The number of nitrogens with one attached hydrogen (secondary N) is 1. The lowest BCUT2D eigenvalue weighted by Crippen LogP contribution is -2.34. The molecule has 3 rings (SSSR count). The molecule has 1 heterocycles. The minimum atomic E-state index is 0.354. The zero-order chi connectivity index (χ0) is 11.0. The van der Waals surface area contributed by atoms with Crippen LogP contribution in [0, 0.1) is 0 Å². The number of benzene rings is 1. The van der Waals surface area contributed by atoms with Gasteiger partial charge in [-0.25, -0.2) is 0 Å². The number of aromatic hydroxyl groups is 1. The Morgan fingerprint density at radius 2 is 2.25 bits per heavy atom. The maximum atomic E-state index is 9.40. The first kappa shape index (κ1) is 10.1. The maximum Gasteiger partial charge on any atom is 0.117 e. The van der Waals surface area contributed by atoms with Gasteiger partial charge in [0.15, 0.2) is 0 Å². The fraction of sp³-hybridized carbons (Fsp3) is 0.385. The van der Waals surface area contributed by atoms with E-state index in [4.69, 9.17) is 0 Å². The summed E-state index contributed by atoms with van der Waals surface area (Å²) in [6.07, 6.45) is 4.02. The highest BCUT2D eigenvalue weighted by Crippen LogP contribution is 2.29. The number of hydrogen-bond donors (Lipinski definition) is 2. The lowest BCUT2D eigenvalue weighted by atomic mass is 9.93. The van der Waals surface area contributed by atoms with Crippen LogP contribution >= 0.6 is 11.3 Å². The quantitative estimate of drug-likeness (QED) is 0.853. The summed E-state index contributed by atoms with van der Waals surface area (Å²) in [7, 11) is 0. The molecule has 1 fully saturated rings. The minimum Gasteiger partial charge on any atom is -0.508 e. The second-order valence-electron chi connectivity index (χ2n) is 4.45. The Morgan fingerprint density at radius 1 is 1.38 bits per heavy atom. The van der Waals surface area contributed by atoms with Crippen molar-refractivity contribution >= 4 is 21.4 Å². The van der Waals surface area contributed by atoms with Crippen molar-refractivity contribution in [3.05, 3.63) is 29.1 Å². The van der Waals surface area contributed by atoms with Crippen molar-refractivity contribution in [1.29, 1.82) is 0 Å². The van der Waals surface area contributed by atoms with Crippen LogP contribution in [0.3, 0.4) is 0 Å². The number of thiophene rings is 1. The normalized spacial score (nSPS) is 16.5. The molecule has 0 aliphatic heterocycles. The summed E-state index contributed by atoms with van der Waals surface area (Å²) < 4.78 is 1.17. The smallest absolute Gasteiger partial charge is 0.117 e. The first-order valence-corrected chi connectivity index (χ1v) is 6.63. The third kappa shape index (κ3) is 1.81. The molecule has 3 heteroatoms. The van der Waals surface area contributed by atoms with Crippen LogP contribution in [0.1, 0.15) is 24.8 Å². The van der Waals surface area contributed by atoms with E-state index in [1.165, 1.54) is 34.9 Å². The maximum absolute atomic E-state index is 9.40. The summed E-state index contributed by atoms with van der Waals surface area (Å²) in [4.78, 5) is 0. The fourth-order valence-electron chi connectivity index (χ4n) is 2.08. The number of hydrogen-bond acceptors (Lipinski definition) is 3. The monoisotopic (exact) mass is 233 g/mol. The molecular weight excluding hydrogens is 218 g/mol. The Morgan fingerprint density at radius 3 is 3.00 bits per heavy atom. The third-order valence-electron chi connectivity index (χ3n) is 3.33. The van der Waals surface area contributed by atoms with Crippen LogP contribution in [0.25, 0.3) is 10.1 Å². The second kappa shape index (κ2) is 4.07. The Bertz CT molecular complexity index is 502. The Hall–Kier alpha value is -1.06. The molecule has 2 aromatic rings. The molecule has 84 valence electrons. The summed E-state index contributed by atoms with van der Waals surface area (Å²) in [5.74, 6) is 0.354. The Kier molecular flexibility index (Phi) is 2.58. The van der Waals surface area contributed by atoms with E-state index >= 15 is 0 Å². The molecule has 0 spiro atoms. The average Bonchev–Trinajstić information content (AvgIpc) is 2.58. The van der Waals surface area contributed by atoms with Crippen molar-refractivity contribution < 1.29 is 5.11 Å². The van der Waals surface area contributed by atoms with E-state index < -0.39 is 0 Å². The van der Waals surface area contributed by atoms with Crippen LogP contribution in [0.4, 0.5) is 0 Å². The van der Waals surface area contributed by atoms with Crippen molar-refractivity contribution in [3.8, 4) is 5.75 Å². The first-order valence-electron chi connectivity index (χ1n) is 5.75. The van der Waals surface area contributed by atoms with Crippen LogP contribution in [-0.4, -0.2) is 11.1 Å². The highest BCUT2D eigenvalue weighted by atomic mass is 32.1. The van der Waals surface area contributed by atoms with Gasteiger partial charge in [-0.3, -0.25) is 0 Å². The molecule has 2 nitrogen and oxygen atoms in total. The number of phenols is 1. The summed E-state index contributed by atoms with van der Waals surface area (Å²) in [5.41, 5.74) is 1.35. The molecule has 1 aliphatic carbocycles. The van der Waals surface area contributed by atoms with Gasteiger partial charge in [-0.1, -0.05) is 6.42 Å². The molecule has 0 bridgehead atoms. The molecule has 0 atom stereocenters. The third-order valence-corrected chi connectivity index (χ3v) is 4.32. The van der Waals surface area contributed by atoms with Gasteiger partial charge in [0.2, 0.25) is 0 Å². The average molecular weight is 233 g/mol. The SMILES string of the molecule is Oc1ccc2c(CNC3CCC3)csc2c1. The predicted molar refractivity (Wildman–Crippen MR) is 68.0 cm³/mol. The predicted octanol–water partition coefficient (Wildman–Crippen LogP) is 3.25. The van der Waals surface area contributed by atoms with Gasteiger partial charge < -0.3 is 10.4 Å². The van der Waals surface area contributed by atoms with Gasteiger partial charge in [0.25, 0.3) is 0 Å². The second-order valence-corrected chi connectivity index (χ2v) is 5.36. The minimum absolute atomic E-state index is 0.354. The van der Waals surface area contributed by atoms with Crippen molar-refractivity contribution in [1.82, 2.24) is 5.32 Å². The summed E-state index contributed by atoms with van der Waals surface area (Å²) in [5, 5.41) is 16.4. The van der Waals surface area contributed by atoms with Gasteiger partial charge in [-0.05, 0) is 47.4 Å². The topological polar surface area (TPSA) is 32.3 Å². The van der Waals surface area contributed by atoms with Gasteiger partial charge >= 0.3 is 0 Å². The van der Waals surface area contributed by atoms with Crippen molar-refractivity contribution in [2.75, 3.05) is 0 Å². The van der Waals surface area contributed by atoms with Gasteiger partial charge in [-0.15, -0.1) is 11.3 Å². The molecule has 1 aromatic carbocycles. The number of fused-ring (bicyclic) bond motifs is 1. The lowest BCUT2D eigenvalue weighted by Gasteiger charge is -2.26. The van der Waals surface area contributed by atoms with Gasteiger partial charge in [0.1, 0.15) is 5.75 Å². The first-order chi connectivity index (χ1) is 7.83. The number of rotatable bonds is 3. The van der Waals surface area contributed by atoms with Gasteiger partial charge in [0, 0.05) is 17.3 Å². The summed E-state index contributed by atoms with van der Waals surface area (Å²) in [6, 6.07) is 6.35. The Balaban J connectivity index is 1.80. The van der Waals surface area contributed by atoms with E-state index in [9.17, 15) is 5.11 Å². The van der Waals surface area contributed by atoms with Gasteiger partial charge in [-0.2, -0.15) is 0 Å². The standard InChI is InChI=1S/C13H15NOS/c15-11-4-5-12-9(8-16-13(12)6-11)7-14-10-2-1-3-10/h4-6,8,10,14-15H,1-3,7H2. The molecule has 1 saturated carbocycles. The van der Waals surface area contributed by atoms with E-state index in [0.717, 1.165) is 12.6 Å². The Labute approximate surface area is 98.9 Å². The molecule has 0 saturated heterocycles. The largest absolute Gasteiger partial charge is 0.508 e. The van der Waals surface area contributed by atoms with Crippen LogP contribution in [0.2, 0.25) is 0 Å². The van der Waals surface area contributed by atoms with Crippen LogP contribution in [-0.2, 0) is 6.54 Å². The summed E-state index contributed by atoms with van der Waals surface area (Å²) in [6.45, 7) is 0.954. The molecule has 16 heavy (non-hydrogen) atoms. The molecule has 0 amide bonds. The molecule has 1 aliphatic rings. The van der Waals surface area contributed by atoms with Crippen molar-refractivity contribution in [2.45, 2.75) is 31.8 Å². The molecule has 1 aromatic heterocycles. The van der Waals surface area contributed by atoms with Crippen LogP contribution in [0.5, 0.6) is 5.75 Å². The lowest BCUT2D eigenvalue weighted by molar-refractivity contribution is 0.339. The molecule has 2 N–H and O–H groups in total. The zero-order valence-electron chi connectivity index (χ0n) is 9.07. The van der Waals surface area contributed by atoms with E-state index in [0.29, 0.717) is 5.75 Å².